The molecule has 1 aliphatic rings. The number of hydrogen-bond donors (Lipinski definition) is 2. The number of piperidine rings is 1. The van der Waals surface area contributed by atoms with Gasteiger partial charge in [-0.05, 0) is 31.1 Å². The fourth-order valence-electron chi connectivity index (χ4n) is 3.65. The Labute approximate surface area is 153 Å². The van der Waals surface area contributed by atoms with Crippen molar-refractivity contribution in [1.82, 2.24) is 5.16 Å². The summed E-state index contributed by atoms with van der Waals surface area (Å²) in [7, 11) is 0. The second-order valence-corrected chi connectivity index (χ2v) is 7.40. The largest absolute Gasteiger partial charge is 0.477 e. The van der Waals surface area contributed by atoms with E-state index < -0.39 is 5.97 Å². The minimum Gasteiger partial charge on any atom is -0.477 e. The lowest BCUT2D eigenvalue weighted by Gasteiger charge is -2.34. The number of aliphatic hydroxyl groups excluding tert-OH is 1. The second kappa shape index (κ2) is 7.91. The number of carboxylic acid groups (broad SMARTS) is 1. The van der Waals surface area contributed by atoms with E-state index in [9.17, 15) is 15.0 Å². The van der Waals surface area contributed by atoms with Crippen LogP contribution in [0.1, 0.15) is 43.5 Å². The van der Waals surface area contributed by atoms with Gasteiger partial charge < -0.3 is 19.6 Å². The van der Waals surface area contributed by atoms with Gasteiger partial charge in [0.15, 0.2) is 17.1 Å². The first-order chi connectivity index (χ1) is 12.5. The highest BCUT2D eigenvalue weighted by atomic mass is 16.5. The number of benzene rings is 1. The summed E-state index contributed by atoms with van der Waals surface area (Å²) in [5.74, 6) is 0.346. The van der Waals surface area contributed by atoms with Crippen molar-refractivity contribution in [3.8, 4) is 11.3 Å². The van der Waals surface area contributed by atoms with Crippen LogP contribution in [-0.4, -0.2) is 40.5 Å². The van der Waals surface area contributed by atoms with Gasteiger partial charge in [-0.25, -0.2) is 4.79 Å². The minimum absolute atomic E-state index is 0.109. The monoisotopic (exact) mass is 358 g/mol. The number of anilines is 1. The van der Waals surface area contributed by atoms with Crippen molar-refractivity contribution in [3.63, 3.8) is 0 Å². The first-order valence-corrected chi connectivity index (χ1v) is 9.18. The summed E-state index contributed by atoms with van der Waals surface area (Å²) in [4.78, 5) is 13.8. The van der Waals surface area contributed by atoms with Crippen molar-refractivity contribution in [2.45, 2.75) is 39.2 Å². The SMILES string of the molecule is CC(C)CC(O)C1CCN(c2noc(-c3ccccc3)c2C(=O)O)CC1. The van der Waals surface area contributed by atoms with Crippen LogP contribution in [0.4, 0.5) is 5.82 Å². The lowest BCUT2D eigenvalue weighted by molar-refractivity contribution is 0.0691. The lowest BCUT2D eigenvalue weighted by Crippen LogP contribution is -2.39. The van der Waals surface area contributed by atoms with Crippen LogP contribution in [0.2, 0.25) is 0 Å². The van der Waals surface area contributed by atoms with Gasteiger partial charge in [-0.15, -0.1) is 0 Å². The van der Waals surface area contributed by atoms with Crippen molar-refractivity contribution in [3.05, 3.63) is 35.9 Å². The molecule has 0 amide bonds. The number of hydrogen-bond acceptors (Lipinski definition) is 5. The van der Waals surface area contributed by atoms with Crippen LogP contribution < -0.4 is 4.90 Å². The molecule has 140 valence electrons. The summed E-state index contributed by atoms with van der Waals surface area (Å²) >= 11 is 0. The molecule has 3 rings (SSSR count). The third-order valence-electron chi connectivity index (χ3n) is 5.02. The van der Waals surface area contributed by atoms with Gasteiger partial charge in [0.25, 0.3) is 0 Å². The van der Waals surface area contributed by atoms with Crippen molar-refractivity contribution in [1.29, 1.82) is 0 Å². The van der Waals surface area contributed by atoms with Crippen LogP contribution >= 0.6 is 0 Å². The third-order valence-corrected chi connectivity index (χ3v) is 5.02. The molecular weight excluding hydrogens is 332 g/mol. The lowest BCUT2D eigenvalue weighted by atomic mass is 9.87. The average Bonchev–Trinajstić information content (AvgIpc) is 3.07. The van der Waals surface area contributed by atoms with Crippen molar-refractivity contribution in [2.24, 2.45) is 11.8 Å². The van der Waals surface area contributed by atoms with Crippen molar-refractivity contribution >= 4 is 11.8 Å². The van der Waals surface area contributed by atoms with Gasteiger partial charge >= 0.3 is 5.97 Å². The second-order valence-electron chi connectivity index (χ2n) is 7.40. The number of aromatic nitrogens is 1. The molecule has 0 saturated carbocycles. The zero-order valence-corrected chi connectivity index (χ0v) is 15.3. The predicted molar refractivity (Wildman–Crippen MR) is 99.3 cm³/mol. The van der Waals surface area contributed by atoms with E-state index in [1.165, 1.54) is 0 Å². The Hall–Kier alpha value is -2.34. The molecule has 0 spiro atoms. The molecule has 1 aromatic heterocycles. The highest BCUT2D eigenvalue weighted by Gasteiger charge is 2.31. The molecule has 1 aromatic carbocycles. The summed E-state index contributed by atoms with van der Waals surface area (Å²) in [6.45, 7) is 5.55. The Morgan fingerprint density at radius 2 is 1.92 bits per heavy atom. The molecule has 1 fully saturated rings. The van der Waals surface area contributed by atoms with E-state index in [1.54, 1.807) is 0 Å². The topological polar surface area (TPSA) is 86.8 Å². The van der Waals surface area contributed by atoms with Gasteiger partial charge in [-0.3, -0.25) is 0 Å². The number of aromatic carboxylic acids is 1. The van der Waals surface area contributed by atoms with E-state index in [1.807, 2.05) is 35.2 Å². The summed E-state index contributed by atoms with van der Waals surface area (Å²) in [5, 5.41) is 24.1. The standard InChI is InChI=1S/C20H26N2O4/c1-13(2)12-16(23)14-8-10-22(11-9-14)19-17(20(24)25)18(26-21-19)15-6-4-3-5-7-15/h3-7,13-14,16,23H,8-12H2,1-2H3,(H,24,25). The van der Waals surface area contributed by atoms with Gasteiger partial charge in [0.05, 0.1) is 6.10 Å². The van der Waals surface area contributed by atoms with Crippen molar-refractivity contribution in [2.75, 3.05) is 18.0 Å². The van der Waals surface area contributed by atoms with Gasteiger partial charge in [-0.2, -0.15) is 0 Å². The number of nitrogens with zero attached hydrogens (tertiary/aromatic N) is 2. The van der Waals surface area contributed by atoms with Crippen LogP contribution in [0, 0.1) is 11.8 Å². The van der Waals surface area contributed by atoms with Crippen LogP contribution in [-0.2, 0) is 0 Å². The van der Waals surface area contributed by atoms with Crippen molar-refractivity contribution < 1.29 is 19.5 Å². The van der Waals surface area contributed by atoms with Gasteiger partial charge in [0, 0.05) is 18.7 Å². The molecule has 1 saturated heterocycles. The zero-order valence-electron chi connectivity index (χ0n) is 15.3. The summed E-state index contributed by atoms with van der Waals surface area (Å²) in [5.41, 5.74) is 0.809. The number of rotatable bonds is 6. The molecule has 2 heterocycles. The first kappa shape index (κ1) is 18.5. The fraction of sp³-hybridized carbons (Fsp3) is 0.500. The molecule has 2 aromatic rings. The molecule has 1 aliphatic heterocycles. The van der Waals surface area contributed by atoms with Gasteiger partial charge in [-0.1, -0.05) is 49.3 Å². The van der Waals surface area contributed by atoms with E-state index in [0.29, 0.717) is 30.4 Å². The molecular formula is C20H26N2O4. The Balaban J connectivity index is 1.77. The van der Waals surface area contributed by atoms with E-state index in [0.717, 1.165) is 19.3 Å². The number of aliphatic hydroxyl groups is 1. The number of carboxylic acids is 1. The van der Waals surface area contributed by atoms with E-state index in [2.05, 4.69) is 19.0 Å². The summed E-state index contributed by atoms with van der Waals surface area (Å²) < 4.78 is 5.40. The maximum Gasteiger partial charge on any atom is 0.343 e. The van der Waals surface area contributed by atoms with Gasteiger partial charge in [0.2, 0.25) is 0 Å². The van der Waals surface area contributed by atoms with E-state index >= 15 is 0 Å². The Morgan fingerprint density at radius 1 is 1.27 bits per heavy atom. The van der Waals surface area contributed by atoms with Crippen LogP contribution in [0.25, 0.3) is 11.3 Å². The van der Waals surface area contributed by atoms with Crippen LogP contribution in [0.3, 0.4) is 0 Å². The first-order valence-electron chi connectivity index (χ1n) is 9.18. The Kier molecular flexibility index (Phi) is 5.61. The highest BCUT2D eigenvalue weighted by molar-refractivity contribution is 5.99. The summed E-state index contributed by atoms with van der Waals surface area (Å²) in [6.07, 6.45) is 2.14. The highest BCUT2D eigenvalue weighted by Crippen LogP contribution is 2.34. The smallest absolute Gasteiger partial charge is 0.343 e. The normalized spacial score (nSPS) is 16.8. The Bertz CT molecular complexity index is 734. The minimum atomic E-state index is -1.04. The molecule has 1 atom stereocenters. The maximum absolute atomic E-state index is 11.8. The molecule has 26 heavy (non-hydrogen) atoms. The molecule has 6 nitrogen and oxygen atoms in total. The summed E-state index contributed by atoms with van der Waals surface area (Å²) in [6, 6.07) is 9.17. The molecule has 0 radical (unpaired) electrons. The zero-order chi connectivity index (χ0) is 18.7. The average molecular weight is 358 g/mol. The number of carbonyl (C=O) groups is 1. The molecule has 2 N–H and O–H groups in total. The van der Waals surface area contributed by atoms with E-state index in [-0.39, 0.29) is 23.3 Å². The van der Waals surface area contributed by atoms with E-state index in [4.69, 9.17) is 4.52 Å². The molecule has 6 heteroatoms. The predicted octanol–water partition coefficient (Wildman–Crippen LogP) is 3.66. The molecule has 0 bridgehead atoms. The Morgan fingerprint density at radius 3 is 2.50 bits per heavy atom. The molecule has 0 aliphatic carbocycles. The third kappa shape index (κ3) is 3.90. The molecule has 1 unspecified atom stereocenters. The fourth-order valence-corrected chi connectivity index (χ4v) is 3.65. The van der Waals surface area contributed by atoms with Crippen LogP contribution in [0.5, 0.6) is 0 Å². The van der Waals surface area contributed by atoms with Gasteiger partial charge in [0.1, 0.15) is 0 Å². The van der Waals surface area contributed by atoms with Crippen LogP contribution in [0.15, 0.2) is 34.9 Å². The quantitative estimate of drug-likeness (QED) is 0.819. The maximum atomic E-state index is 11.8.